The summed E-state index contributed by atoms with van der Waals surface area (Å²) in [4.78, 5) is 24.9. The number of hydrogen-bond donors (Lipinski definition) is 2. The molecule has 2 aromatic heterocycles. The molecule has 2 N–H and O–H groups in total. The standard InChI is InChI=1S/C24H19N5O3/c1-15-25-22(29-32-15)14-31-21-9-5-2-6-18(21)24(30)26-17-12-10-16(11-13-17)23-27-19-7-3-4-8-20(19)28-23/h2-13H,14H2,1H3,(H,26,30)(H,27,28). The quantitative estimate of drug-likeness (QED) is 0.407. The lowest BCUT2D eigenvalue weighted by Crippen LogP contribution is -2.13. The second-order valence-electron chi connectivity index (χ2n) is 7.15. The van der Waals surface area contributed by atoms with Gasteiger partial charge in [0.15, 0.2) is 6.61 Å². The summed E-state index contributed by atoms with van der Waals surface area (Å²) in [6.45, 7) is 1.81. The zero-order valence-corrected chi connectivity index (χ0v) is 17.2. The first-order valence-electron chi connectivity index (χ1n) is 10.0. The average molecular weight is 425 g/mol. The number of carbonyl (C=O) groups excluding carboxylic acids is 1. The van der Waals surface area contributed by atoms with Crippen molar-refractivity contribution in [3.8, 4) is 17.1 Å². The number of nitrogens with zero attached hydrogens (tertiary/aromatic N) is 3. The molecule has 1 amide bonds. The number of amides is 1. The summed E-state index contributed by atoms with van der Waals surface area (Å²) in [5.41, 5.74) is 3.89. The van der Waals surface area contributed by atoms with E-state index < -0.39 is 0 Å². The molecule has 0 spiro atoms. The van der Waals surface area contributed by atoms with Crippen molar-refractivity contribution in [2.24, 2.45) is 0 Å². The third kappa shape index (κ3) is 4.06. The molecule has 0 radical (unpaired) electrons. The predicted octanol–water partition coefficient (Wildman–Crippen LogP) is 4.75. The lowest BCUT2D eigenvalue weighted by atomic mass is 10.1. The van der Waals surface area contributed by atoms with Crippen LogP contribution in [0.1, 0.15) is 22.1 Å². The minimum atomic E-state index is -0.277. The number of benzene rings is 3. The van der Waals surface area contributed by atoms with Crippen LogP contribution in [0.4, 0.5) is 5.69 Å². The van der Waals surface area contributed by atoms with Crippen LogP contribution in [0.3, 0.4) is 0 Å². The van der Waals surface area contributed by atoms with Gasteiger partial charge in [-0.1, -0.05) is 29.4 Å². The Bertz CT molecular complexity index is 1360. The van der Waals surface area contributed by atoms with Crippen molar-refractivity contribution < 1.29 is 14.1 Å². The van der Waals surface area contributed by atoms with Gasteiger partial charge >= 0.3 is 0 Å². The highest BCUT2D eigenvalue weighted by molar-refractivity contribution is 6.06. The first kappa shape index (κ1) is 19.5. The molecule has 5 aromatic rings. The summed E-state index contributed by atoms with van der Waals surface area (Å²) in [5.74, 6) is 1.81. The number of aryl methyl sites for hydroxylation is 1. The Hall–Kier alpha value is -4.46. The Labute approximate surface area is 183 Å². The van der Waals surface area contributed by atoms with Crippen molar-refractivity contribution in [1.29, 1.82) is 0 Å². The number of para-hydroxylation sites is 3. The highest BCUT2D eigenvalue weighted by atomic mass is 16.5. The monoisotopic (exact) mass is 425 g/mol. The fourth-order valence-electron chi connectivity index (χ4n) is 3.32. The van der Waals surface area contributed by atoms with Gasteiger partial charge in [0.1, 0.15) is 11.6 Å². The number of aromatic amines is 1. The number of aromatic nitrogens is 4. The molecule has 158 valence electrons. The summed E-state index contributed by atoms with van der Waals surface area (Å²) in [7, 11) is 0. The van der Waals surface area contributed by atoms with Gasteiger partial charge in [-0.3, -0.25) is 4.79 Å². The van der Waals surface area contributed by atoms with Crippen molar-refractivity contribution in [2.75, 3.05) is 5.32 Å². The molecule has 5 rings (SSSR count). The van der Waals surface area contributed by atoms with Crippen molar-refractivity contribution >= 4 is 22.6 Å². The van der Waals surface area contributed by atoms with Crippen LogP contribution in [-0.2, 0) is 6.61 Å². The molecular formula is C24H19N5O3. The highest BCUT2D eigenvalue weighted by Gasteiger charge is 2.14. The molecule has 3 aromatic carbocycles. The Kier molecular flexibility index (Phi) is 5.09. The third-order valence-corrected chi connectivity index (χ3v) is 4.86. The van der Waals surface area contributed by atoms with Gasteiger partial charge in [0.25, 0.3) is 5.91 Å². The first-order chi connectivity index (χ1) is 15.7. The van der Waals surface area contributed by atoms with Gasteiger partial charge < -0.3 is 19.6 Å². The summed E-state index contributed by atoms with van der Waals surface area (Å²) < 4.78 is 10.7. The van der Waals surface area contributed by atoms with Crippen molar-refractivity contribution in [1.82, 2.24) is 20.1 Å². The SMILES string of the molecule is Cc1nc(COc2ccccc2C(=O)Nc2ccc(-c3nc4ccccc4[nH]3)cc2)no1. The molecule has 0 aliphatic heterocycles. The second kappa shape index (κ2) is 8.35. The molecule has 0 saturated carbocycles. The van der Waals surface area contributed by atoms with Gasteiger partial charge in [-0.15, -0.1) is 0 Å². The summed E-state index contributed by atoms with van der Waals surface area (Å²) in [6, 6.07) is 22.4. The average Bonchev–Trinajstić information content (AvgIpc) is 3.44. The Morgan fingerprint density at radius 1 is 1.00 bits per heavy atom. The van der Waals surface area contributed by atoms with Crippen LogP contribution in [0.5, 0.6) is 5.75 Å². The van der Waals surface area contributed by atoms with Gasteiger partial charge in [-0.2, -0.15) is 4.98 Å². The van der Waals surface area contributed by atoms with E-state index in [1.165, 1.54) is 0 Å². The molecule has 8 nitrogen and oxygen atoms in total. The number of rotatable bonds is 6. The Morgan fingerprint density at radius 3 is 2.56 bits per heavy atom. The molecular weight excluding hydrogens is 406 g/mol. The molecule has 0 bridgehead atoms. The van der Waals surface area contributed by atoms with Gasteiger partial charge in [0.2, 0.25) is 11.7 Å². The van der Waals surface area contributed by atoms with Crippen LogP contribution >= 0.6 is 0 Å². The zero-order chi connectivity index (χ0) is 21.9. The highest BCUT2D eigenvalue weighted by Crippen LogP contribution is 2.24. The number of fused-ring (bicyclic) bond motifs is 1. The number of ether oxygens (including phenoxy) is 1. The molecule has 0 saturated heterocycles. The maximum atomic E-state index is 12.9. The smallest absolute Gasteiger partial charge is 0.259 e. The van der Waals surface area contributed by atoms with E-state index >= 15 is 0 Å². The third-order valence-electron chi connectivity index (χ3n) is 4.86. The van der Waals surface area contributed by atoms with Gasteiger partial charge in [-0.05, 0) is 48.5 Å². The van der Waals surface area contributed by atoms with E-state index in [1.807, 2.05) is 48.5 Å². The molecule has 0 aliphatic carbocycles. The zero-order valence-electron chi connectivity index (χ0n) is 17.2. The fourth-order valence-corrected chi connectivity index (χ4v) is 3.32. The van der Waals surface area contributed by atoms with Crippen molar-refractivity contribution in [2.45, 2.75) is 13.5 Å². The lowest BCUT2D eigenvalue weighted by Gasteiger charge is -2.11. The molecule has 0 unspecified atom stereocenters. The van der Waals surface area contributed by atoms with Crippen LogP contribution in [0.25, 0.3) is 22.4 Å². The van der Waals surface area contributed by atoms with Crippen LogP contribution in [0, 0.1) is 6.92 Å². The van der Waals surface area contributed by atoms with E-state index in [0.717, 1.165) is 22.4 Å². The van der Waals surface area contributed by atoms with Crippen molar-refractivity contribution in [3.05, 3.63) is 90.1 Å². The summed E-state index contributed by atoms with van der Waals surface area (Å²) in [5, 5.41) is 6.71. The maximum Gasteiger partial charge on any atom is 0.259 e. The number of imidazole rings is 1. The topological polar surface area (TPSA) is 106 Å². The second-order valence-corrected chi connectivity index (χ2v) is 7.15. The predicted molar refractivity (Wildman–Crippen MR) is 119 cm³/mol. The van der Waals surface area contributed by atoms with E-state index in [1.54, 1.807) is 31.2 Å². The number of H-pyrrole nitrogens is 1. The van der Waals surface area contributed by atoms with Crippen LogP contribution in [-0.4, -0.2) is 26.0 Å². The number of carbonyl (C=O) groups is 1. The van der Waals surface area contributed by atoms with E-state index in [4.69, 9.17) is 9.26 Å². The first-order valence-corrected chi connectivity index (χ1v) is 10.0. The lowest BCUT2D eigenvalue weighted by molar-refractivity contribution is 0.102. The number of hydrogen-bond acceptors (Lipinski definition) is 6. The molecule has 8 heteroatoms. The molecule has 0 aliphatic rings. The Morgan fingerprint density at radius 2 is 1.78 bits per heavy atom. The van der Waals surface area contributed by atoms with Gasteiger partial charge in [0, 0.05) is 18.2 Å². The van der Waals surface area contributed by atoms with E-state index in [9.17, 15) is 4.79 Å². The number of nitrogens with one attached hydrogen (secondary N) is 2. The van der Waals surface area contributed by atoms with E-state index in [0.29, 0.717) is 28.7 Å². The Balaban J connectivity index is 1.29. The van der Waals surface area contributed by atoms with Crippen molar-refractivity contribution in [3.63, 3.8) is 0 Å². The summed E-state index contributed by atoms with van der Waals surface area (Å²) >= 11 is 0. The van der Waals surface area contributed by atoms with Crippen LogP contribution < -0.4 is 10.1 Å². The minimum Gasteiger partial charge on any atom is -0.485 e. The minimum absolute atomic E-state index is 0.105. The fraction of sp³-hybridized carbons (Fsp3) is 0.0833. The maximum absolute atomic E-state index is 12.9. The van der Waals surface area contributed by atoms with Crippen LogP contribution in [0.15, 0.2) is 77.3 Å². The molecule has 32 heavy (non-hydrogen) atoms. The number of anilines is 1. The molecule has 2 heterocycles. The van der Waals surface area contributed by atoms with Crippen LogP contribution in [0.2, 0.25) is 0 Å². The normalized spacial score (nSPS) is 10.9. The summed E-state index contributed by atoms with van der Waals surface area (Å²) in [6.07, 6.45) is 0. The largest absolute Gasteiger partial charge is 0.485 e. The molecule has 0 atom stereocenters. The van der Waals surface area contributed by atoms with Gasteiger partial charge in [-0.25, -0.2) is 4.98 Å². The van der Waals surface area contributed by atoms with Gasteiger partial charge in [0.05, 0.1) is 16.6 Å². The van der Waals surface area contributed by atoms with E-state index in [2.05, 4.69) is 25.4 Å². The van der Waals surface area contributed by atoms with E-state index in [-0.39, 0.29) is 12.5 Å². The molecule has 0 fully saturated rings.